The van der Waals surface area contributed by atoms with Gasteiger partial charge in [0.25, 0.3) is 0 Å². The van der Waals surface area contributed by atoms with Crippen LogP contribution in [0.2, 0.25) is 0 Å². The molecular formula is C19H14N2OS2. The molecule has 2 heterocycles. The van der Waals surface area contributed by atoms with Crippen molar-refractivity contribution in [3.05, 3.63) is 54.6 Å². The van der Waals surface area contributed by atoms with E-state index in [0.29, 0.717) is 6.61 Å². The first-order valence-electron chi connectivity index (χ1n) is 7.59. The van der Waals surface area contributed by atoms with Gasteiger partial charge in [-0.25, -0.2) is 9.97 Å². The van der Waals surface area contributed by atoms with Crippen molar-refractivity contribution in [3.63, 3.8) is 0 Å². The van der Waals surface area contributed by atoms with E-state index in [4.69, 9.17) is 21.9 Å². The van der Waals surface area contributed by atoms with Crippen LogP contribution in [0.3, 0.4) is 0 Å². The summed E-state index contributed by atoms with van der Waals surface area (Å²) in [6.45, 7) is 2.29. The molecule has 118 valence electrons. The Bertz CT molecular complexity index is 1020. The van der Waals surface area contributed by atoms with E-state index in [-0.39, 0.29) is 0 Å². The number of thiazole rings is 1. The lowest BCUT2D eigenvalue weighted by Gasteiger charge is -2.08. The third-order valence-corrected chi connectivity index (χ3v) is 4.80. The molecule has 0 bridgehead atoms. The fourth-order valence-electron chi connectivity index (χ4n) is 2.52. The fraction of sp³-hybridized carbons (Fsp3) is 0.105. The molecule has 3 nitrogen and oxygen atoms in total. The lowest BCUT2D eigenvalue weighted by Crippen LogP contribution is -2.05. The van der Waals surface area contributed by atoms with Gasteiger partial charge in [0, 0.05) is 10.3 Å². The Balaban J connectivity index is 1.81. The predicted octanol–water partition coefficient (Wildman–Crippen LogP) is 5.28. The van der Waals surface area contributed by atoms with Crippen LogP contribution in [-0.4, -0.2) is 21.4 Å². The SMILES string of the molecule is CC(=S)COc1cccc2ccc(-c3nc4ccccc4s3)nc12. The van der Waals surface area contributed by atoms with Gasteiger partial charge in [0.2, 0.25) is 0 Å². The number of pyridine rings is 1. The summed E-state index contributed by atoms with van der Waals surface area (Å²) in [7, 11) is 0. The second-order valence-electron chi connectivity index (χ2n) is 5.50. The number of hydrogen-bond donors (Lipinski definition) is 0. The normalized spacial score (nSPS) is 11.0. The molecule has 0 saturated carbocycles. The second-order valence-corrected chi connectivity index (χ2v) is 7.23. The number of nitrogens with zero attached hydrogens (tertiary/aromatic N) is 2. The van der Waals surface area contributed by atoms with Crippen LogP contribution in [0.15, 0.2) is 54.6 Å². The maximum Gasteiger partial charge on any atom is 0.146 e. The van der Waals surface area contributed by atoms with Crippen LogP contribution in [-0.2, 0) is 0 Å². The number of para-hydroxylation sites is 2. The Morgan fingerprint density at radius 3 is 2.75 bits per heavy atom. The van der Waals surface area contributed by atoms with Gasteiger partial charge in [-0.15, -0.1) is 11.3 Å². The van der Waals surface area contributed by atoms with Crippen LogP contribution >= 0.6 is 23.6 Å². The Morgan fingerprint density at radius 1 is 1.04 bits per heavy atom. The van der Waals surface area contributed by atoms with Crippen molar-refractivity contribution >= 4 is 49.5 Å². The molecule has 4 aromatic rings. The number of rotatable bonds is 4. The van der Waals surface area contributed by atoms with Crippen LogP contribution < -0.4 is 4.74 Å². The zero-order valence-electron chi connectivity index (χ0n) is 13.0. The zero-order chi connectivity index (χ0) is 16.5. The van der Waals surface area contributed by atoms with Crippen LogP contribution in [0.25, 0.3) is 31.8 Å². The maximum absolute atomic E-state index is 5.81. The predicted molar refractivity (Wildman–Crippen MR) is 104 cm³/mol. The minimum absolute atomic E-state index is 0.418. The summed E-state index contributed by atoms with van der Waals surface area (Å²) in [6, 6.07) is 18.1. The second kappa shape index (κ2) is 6.26. The molecule has 2 aromatic carbocycles. The molecule has 0 spiro atoms. The summed E-state index contributed by atoms with van der Waals surface area (Å²) in [5.74, 6) is 0.750. The molecule has 0 saturated heterocycles. The number of aromatic nitrogens is 2. The molecule has 0 aliphatic carbocycles. The highest BCUT2D eigenvalue weighted by Gasteiger charge is 2.10. The summed E-state index contributed by atoms with van der Waals surface area (Å²) in [4.78, 5) is 10.3. The van der Waals surface area contributed by atoms with Crippen molar-refractivity contribution in [2.24, 2.45) is 0 Å². The summed E-state index contributed by atoms with van der Waals surface area (Å²) in [5.41, 5.74) is 2.70. The molecule has 0 aliphatic heterocycles. The molecule has 4 rings (SSSR count). The Labute approximate surface area is 148 Å². The van der Waals surface area contributed by atoms with E-state index in [1.165, 1.54) is 0 Å². The standard InChI is InChI=1S/C19H14N2OS2/c1-12(23)11-22-16-7-4-5-13-9-10-15(20-18(13)16)19-21-14-6-2-3-8-17(14)24-19/h2-10H,11H2,1H3. The van der Waals surface area contributed by atoms with E-state index < -0.39 is 0 Å². The van der Waals surface area contributed by atoms with Gasteiger partial charge in [-0.05, 0) is 31.2 Å². The molecule has 0 amide bonds. The van der Waals surface area contributed by atoms with Crippen molar-refractivity contribution in [2.45, 2.75) is 6.92 Å². The van der Waals surface area contributed by atoms with E-state index in [2.05, 4.69) is 17.1 Å². The quantitative estimate of drug-likeness (QED) is 0.469. The highest BCUT2D eigenvalue weighted by atomic mass is 32.1. The third-order valence-electron chi connectivity index (χ3n) is 3.63. The van der Waals surface area contributed by atoms with E-state index in [1.54, 1.807) is 11.3 Å². The summed E-state index contributed by atoms with van der Waals surface area (Å²) >= 11 is 6.75. The van der Waals surface area contributed by atoms with Crippen molar-refractivity contribution in [1.29, 1.82) is 0 Å². The summed E-state index contributed by atoms with van der Waals surface area (Å²) < 4.78 is 6.97. The number of hydrogen-bond acceptors (Lipinski definition) is 5. The number of ether oxygens (including phenoxy) is 1. The van der Waals surface area contributed by atoms with Crippen LogP contribution in [0.5, 0.6) is 5.75 Å². The van der Waals surface area contributed by atoms with Gasteiger partial charge in [0.1, 0.15) is 22.9 Å². The molecule has 0 aliphatic rings. The first-order chi connectivity index (χ1) is 11.7. The highest BCUT2D eigenvalue weighted by molar-refractivity contribution is 7.80. The molecule has 0 fully saturated rings. The average molecular weight is 350 g/mol. The molecule has 5 heteroatoms. The van der Waals surface area contributed by atoms with E-state index in [0.717, 1.165) is 42.4 Å². The van der Waals surface area contributed by atoms with Gasteiger partial charge in [-0.2, -0.15) is 0 Å². The molecule has 0 radical (unpaired) electrons. The van der Waals surface area contributed by atoms with E-state index in [1.807, 2.05) is 49.4 Å². The van der Waals surface area contributed by atoms with Crippen LogP contribution in [0.4, 0.5) is 0 Å². The highest BCUT2D eigenvalue weighted by Crippen LogP contribution is 2.32. The van der Waals surface area contributed by atoms with Crippen molar-refractivity contribution in [1.82, 2.24) is 9.97 Å². The van der Waals surface area contributed by atoms with E-state index in [9.17, 15) is 0 Å². The van der Waals surface area contributed by atoms with Gasteiger partial charge in [0.15, 0.2) is 0 Å². The van der Waals surface area contributed by atoms with Gasteiger partial charge in [-0.3, -0.25) is 0 Å². The van der Waals surface area contributed by atoms with E-state index >= 15 is 0 Å². The Morgan fingerprint density at radius 2 is 1.92 bits per heavy atom. The number of fused-ring (bicyclic) bond motifs is 2. The molecule has 24 heavy (non-hydrogen) atoms. The molecule has 0 atom stereocenters. The maximum atomic E-state index is 5.81. The van der Waals surface area contributed by atoms with Crippen LogP contribution in [0.1, 0.15) is 6.92 Å². The van der Waals surface area contributed by atoms with Gasteiger partial charge in [-0.1, -0.05) is 42.5 Å². The summed E-state index contributed by atoms with van der Waals surface area (Å²) in [6.07, 6.45) is 0. The minimum atomic E-state index is 0.418. The molecule has 2 aromatic heterocycles. The van der Waals surface area contributed by atoms with Gasteiger partial charge in [0.05, 0.1) is 15.9 Å². The monoisotopic (exact) mass is 350 g/mol. The van der Waals surface area contributed by atoms with Crippen molar-refractivity contribution in [3.8, 4) is 16.5 Å². The summed E-state index contributed by atoms with van der Waals surface area (Å²) in [5, 5.41) is 1.96. The van der Waals surface area contributed by atoms with Crippen molar-refractivity contribution in [2.75, 3.05) is 6.61 Å². The average Bonchev–Trinajstić information content (AvgIpc) is 3.03. The largest absolute Gasteiger partial charge is 0.486 e. The molecule has 0 N–H and O–H groups in total. The molecular weight excluding hydrogens is 336 g/mol. The zero-order valence-corrected chi connectivity index (χ0v) is 14.7. The lowest BCUT2D eigenvalue weighted by atomic mass is 10.2. The van der Waals surface area contributed by atoms with Gasteiger partial charge >= 0.3 is 0 Å². The fourth-order valence-corrected chi connectivity index (χ4v) is 3.51. The first-order valence-corrected chi connectivity index (χ1v) is 8.81. The smallest absolute Gasteiger partial charge is 0.146 e. The Hall–Kier alpha value is -2.37. The third kappa shape index (κ3) is 2.88. The first kappa shape index (κ1) is 15.2. The Kier molecular flexibility index (Phi) is 3.96. The van der Waals surface area contributed by atoms with Crippen molar-refractivity contribution < 1.29 is 4.74 Å². The van der Waals surface area contributed by atoms with Gasteiger partial charge < -0.3 is 4.74 Å². The number of thiocarbonyl (C=S) groups is 1. The minimum Gasteiger partial charge on any atom is -0.486 e. The lowest BCUT2D eigenvalue weighted by molar-refractivity contribution is 0.382. The topological polar surface area (TPSA) is 35.0 Å². The number of benzene rings is 2. The molecule has 0 unspecified atom stereocenters. The van der Waals surface area contributed by atoms with Crippen LogP contribution in [0, 0.1) is 0 Å².